The van der Waals surface area contributed by atoms with Crippen LogP contribution in [0, 0.1) is 5.82 Å². The first-order chi connectivity index (χ1) is 17.7. The number of hydrogen-bond donors (Lipinski definition) is 1. The summed E-state index contributed by atoms with van der Waals surface area (Å²) in [6.45, 7) is -0.208. The number of ether oxygens (including phenoxy) is 1. The smallest absolute Gasteiger partial charge is 0.321 e. The highest BCUT2D eigenvalue weighted by atomic mass is 32.2. The number of carboxylic acids is 1. The lowest BCUT2D eigenvalue weighted by molar-refractivity contribution is -0.136. The number of hydrogen-bond acceptors (Lipinski definition) is 7. The predicted octanol–water partition coefficient (Wildman–Crippen LogP) is 3.11. The largest absolute Gasteiger partial charge is 0.494 e. The molecule has 0 aliphatic carbocycles. The Morgan fingerprint density at radius 1 is 1.08 bits per heavy atom. The van der Waals surface area contributed by atoms with E-state index in [9.17, 15) is 27.5 Å². The van der Waals surface area contributed by atoms with Gasteiger partial charge < -0.3 is 9.84 Å². The minimum Gasteiger partial charge on any atom is -0.494 e. The second-order valence-corrected chi connectivity index (χ2v) is 10.7. The number of methoxy groups -OCH3 is 1. The van der Waals surface area contributed by atoms with E-state index in [1.165, 1.54) is 19.2 Å². The van der Waals surface area contributed by atoms with Gasteiger partial charge >= 0.3 is 5.97 Å². The van der Waals surface area contributed by atoms with Crippen LogP contribution in [0.5, 0.6) is 5.75 Å². The third-order valence-electron chi connectivity index (χ3n) is 6.06. The second-order valence-electron chi connectivity index (χ2n) is 8.41. The van der Waals surface area contributed by atoms with Crippen molar-refractivity contribution in [3.8, 4) is 16.9 Å². The molecule has 1 N–H and O–H groups in total. The van der Waals surface area contributed by atoms with Crippen LogP contribution >= 0.6 is 0 Å². The van der Waals surface area contributed by atoms with Crippen LogP contribution in [0.25, 0.3) is 22.0 Å². The van der Waals surface area contributed by atoms with E-state index in [1.807, 2.05) is 0 Å². The number of rotatable bonds is 10. The fourth-order valence-electron chi connectivity index (χ4n) is 3.98. The van der Waals surface area contributed by atoms with Crippen LogP contribution in [0.4, 0.5) is 4.39 Å². The van der Waals surface area contributed by atoms with Gasteiger partial charge in [-0.1, -0.05) is 47.7 Å². The van der Waals surface area contributed by atoms with E-state index in [-0.39, 0.29) is 25.1 Å². The first kappa shape index (κ1) is 26.0. The monoisotopic (exact) mass is 525 g/mol. The zero-order chi connectivity index (χ0) is 26.6. The van der Waals surface area contributed by atoms with Gasteiger partial charge in [0.15, 0.2) is 26.7 Å². The number of aliphatic carboxylic acids is 1. The van der Waals surface area contributed by atoms with E-state index < -0.39 is 38.2 Å². The van der Waals surface area contributed by atoms with Crippen molar-refractivity contribution in [1.82, 2.24) is 15.0 Å². The van der Waals surface area contributed by atoms with Crippen molar-refractivity contribution in [2.45, 2.75) is 24.6 Å². The summed E-state index contributed by atoms with van der Waals surface area (Å²) < 4.78 is 45.7. The Balaban J connectivity index is 1.43. The molecule has 0 fully saturated rings. The number of sulfone groups is 1. The molecule has 11 heteroatoms. The summed E-state index contributed by atoms with van der Waals surface area (Å²) >= 11 is 0. The minimum atomic E-state index is -4.05. The molecule has 0 bridgehead atoms. The maximum atomic E-state index is 14.0. The van der Waals surface area contributed by atoms with Crippen molar-refractivity contribution in [2.24, 2.45) is 0 Å². The maximum Gasteiger partial charge on any atom is 0.321 e. The fourth-order valence-corrected chi connectivity index (χ4v) is 5.55. The third-order valence-corrected chi connectivity index (χ3v) is 8.13. The van der Waals surface area contributed by atoms with Crippen molar-refractivity contribution in [2.75, 3.05) is 12.9 Å². The van der Waals surface area contributed by atoms with Gasteiger partial charge in [0, 0.05) is 6.54 Å². The average Bonchev–Trinajstić information content (AvgIpc) is 2.89. The van der Waals surface area contributed by atoms with E-state index in [1.54, 1.807) is 54.6 Å². The van der Waals surface area contributed by atoms with E-state index in [4.69, 9.17) is 4.74 Å². The SMILES string of the molecule is COc1ccc(-c2ccc(CCS(=O)(=O)C(CCn3nnc4ccccc4c3=O)C(=O)O)cc2)cc1F. The van der Waals surface area contributed by atoms with Crippen LogP contribution in [0.1, 0.15) is 12.0 Å². The van der Waals surface area contributed by atoms with E-state index >= 15 is 0 Å². The third kappa shape index (κ3) is 5.83. The second kappa shape index (κ2) is 10.9. The molecular formula is C26H24FN3O6S. The number of carbonyl (C=O) groups is 1. The van der Waals surface area contributed by atoms with Gasteiger partial charge in [-0.05, 0) is 53.8 Å². The molecule has 0 spiro atoms. The van der Waals surface area contributed by atoms with Gasteiger partial charge in [0.25, 0.3) is 5.56 Å². The predicted molar refractivity (Wildman–Crippen MR) is 136 cm³/mol. The summed E-state index contributed by atoms with van der Waals surface area (Å²) in [5.41, 5.74) is 1.98. The Bertz CT molecular complexity index is 1600. The molecule has 4 rings (SSSR count). The normalized spacial score (nSPS) is 12.4. The molecule has 3 aromatic carbocycles. The summed E-state index contributed by atoms with van der Waals surface area (Å²) in [4.78, 5) is 24.4. The number of carboxylic acid groups (broad SMARTS) is 1. The van der Waals surface area contributed by atoms with Gasteiger partial charge in [-0.3, -0.25) is 9.59 Å². The zero-order valence-electron chi connectivity index (χ0n) is 19.9. The number of nitrogens with zero attached hydrogens (tertiary/aromatic N) is 3. The van der Waals surface area contributed by atoms with Gasteiger partial charge in [0.2, 0.25) is 0 Å². The lowest BCUT2D eigenvalue weighted by Gasteiger charge is -2.14. The first-order valence-electron chi connectivity index (χ1n) is 11.4. The molecule has 0 saturated carbocycles. The Labute approximate surface area is 212 Å². The molecule has 0 radical (unpaired) electrons. The van der Waals surface area contributed by atoms with Gasteiger partial charge in [0.05, 0.1) is 18.2 Å². The molecule has 37 heavy (non-hydrogen) atoms. The molecule has 192 valence electrons. The summed E-state index contributed by atoms with van der Waals surface area (Å²) in [5, 5.41) is 16.0. The highest BCUT2D eigenvalue weighted by Crippen LogP contribution is 2.26. The molecular weight excluding hydrogens is 501 g/mol. The van der Waals surface area contributed by atoms with Crippen LogP contribution in [0.3, 0.4) is 0 Å². The standard InChI is InChI=1S/C26H24FN3O6S/c1-36-23-11-10-19(16-21(23)27)18-8-6-17(7-9-18)13-15-37(34,35)24(26(32)33)12-14-30-25(31)20-4-2-3-5-22(20)28-29-30/h2-11,16,24H,12-15H2,1H3,(H,32,33). The quantitative estimate of drug-likeness (QED) is 0.335. The molecule has 1 atom stereocenters. The molecule has 4 aromatic rings. The van der Waals surface area contributed by atoms with Crippen LogP contribution in [-0.4, -0.2) is 52.6 Å². The van der Waals surface area contributed by atoms with Crippen LogP contribution < -0.4 is 10.3 Å². The van der Waals surface area contributed by atoms with Crippen LogP contribution in [0.2, 0.25) is 0 Å². The zero-order valence-corrected chi connectivity index (χ0v) is 20.7. The first-order valence-corrected chi connectivity index (χ1v) is 13.1. The molecule has 9 nitrogen and oxygen atoms in total. The molecule has 1 unspecified atom stereocenters. The van der Waals surface area contributed by atoms with E-state index in [0.29, 0.717) is 22.0 Å². The van der Waals surface area contributed by atoms with Gasteiger partial charge in [-0.2, -0.15) is 0 Å². The lowest BCUT2D eigenvalue weighted by Crippen LogP contribution is -2.35. The highest BCUT2D eigenvalue weighted by molar-refractivity contribution is 7.92. The summed E-state index contributed by atoms with van der Waals surface area (Å²) in [6, 6.07) is 18.1. The molecule has 1 heterocycles. The van der Waals surface area contributed by atoms with Gasteiger partial charge in [0.1, 0.15) is 5.52 Å². The number of halogens is 1. The van der Waals surface area contributed by atoms with Crippen molar-refractivity contribution in [3.63, 3.8) is 0 Å². The van der Waals surface area contributed by atoms with Crippen LogP contribution in [-0.2, 0) is 27.6 Å². The minimum absolute atomic E-state index is 0.0963. The lowest BCUT2D eigenvalue weighted by atomic mass is 10.0. The molecule has 0 aliphatic heterocycles. The Morgan fingerprint density at radius 3 is 2.46 bits per heavy atom. The van der Waals surface area contributed by atoms with Crippen molar-refractivity contribution >= 4 is 26.7 Å². The van der Waals surface area contributed by atoms with Gasteiger partial charge in [-0.15, -0.1) is 5.10 Å². The molecule has 1 aromatic heterocycles. The van der Waals surface area contributed by atoms with Crippen molar-refractivity contribution < 1.29 is 27.4 Å². The van der Waals surface area contributed by atoms with Crippen LogP contribution in [0.15, 0.2) is 71.5 Å². The van der Waals surface area contributed by atoms with Crippen molar-refractivity contribution in [3.05, 3.63) is 88.5 Å². The summed E-state index contributed by atoms with van der Waals surface area (Å²) in [5.74, 6) is -2.24. The fraction of sp³-hybridized carbons (Fsp3) is 0.231. The molecule has 0 saturated heterocycles. The number of benzene rings is 3. The summed E-state index contributed by atoms with van der Waals surface area (Å²) in [7, 11) is -2.67. The Hall–Kier alpha value is -4.12. The topological polar surface area (TPSA) is 128 Å². The Kier molecular flexibility index (Phi) is 7.63. The maximum absolute atomic E-state index is 14.0. The highest BCUT2D eigenvalue weighted by Gasteiger charge is 2.32. The Morgan fingerprint density at radius 2 is 1.78 bits per heavy atom. The van der Waals surface area contributed by atoms with Gasteiger partial charge in [-0.25, -0.2) is 17.5 Å². The average molecular weight is 526 g/mol. The van der Waals surface area contributed by atoms with E-state index in [2.05, 4.69) is 10.3 Å². The number of aromatic nitrogens is 3. The molecule has 0 aliphatic rings. The van der Waals surface area contributed by atoms with Crippen molar-refractivity contribution in [1.29, 1.82) is 0 Å². The molecule has 0 amide bonds. The number of aryl methyl sites for hydroxylation is 2. The van der Waals surface area contributed by atoms with E-state index in [0.717, 1.165) is 10.2 Å². The summed E-state index contributed by atoms with van der Waals surface area (Å²) in [6.07, 6.45) is -0.230. The number of fused-ring (bicyclic) bond motifs is 1.